The molecule has 3 aromatic carbocycles. The molecule has 1 unspecified atom stereocenters. The number of phenolic OH excluding ortho intramolecular Hbond substituents is 3. The van der Waals surface area contributed by atoms with Crippen LogP contribution in [0.2, 0.25) is 0 Å². The molecule has 3 aromatic rings. The number of benzene rings is 3. The van der Waals surface area contributed by atoms with Gasteiger partial charge in [-0.2, -0.15) is 0 Å². The largest absolute Gasteiger partial charge is 1.00 e. The second-order valence-electron chi connectivity index (χ2n) is 19.2. The van der Waals surface area contributed by atoms with Gasteiger partial charge < -0.3 is 49.1 Å². The van der Waals surface area contributed by atoms with E-state index in [9.17, 15) is 15.3 Å². The monoisotopic (exact) mass is 873 g/mol. The topological polar surface area (TPSA) is 76.0 Å². The number of rotatable bonds is 4. The fraction of sp³-hybridized carbons (Fsp3) is 0.551. The molecule has 6 nitrogen and oxygen atoms in total. The number of piperidine rings is 3. The summed E-state index contributed by atoms with van der Waals surface area (Å²) in [5, 5.41) is 32.9. The molecule has 9 rings (SSSR count). The molecule has 10 atom stereocenters. The Balaban J connectivity index is 0.000000142. The molecule has 56 heavy (non-hydrogen) atoms. The Morgan fingerprint density at radius 2 is 1.23 bits per heavy atom. The van der Waals surface area contributed by atoms with Crippen molar-refractivity contribution in [2.24, 2.45) is 17.8 Å². The summed E-state index contributed by atoms with van der Waals surface area (Å²) in [6.45, 7) is 27.5. The van der Waals surface area contributed by atoms with Crippen molar-refractivity contribution in [2.45, 2.75) is 114 Å². The summed E-state index contributed by atoms with van der Waals surface area (Å²) in [5.74, 6) is 3.12. The Bertz CT molecular complexity index is 1930. The molecule has 0 amide bonds. The molecule has 0 spiro atoms. The first-order chi connectivity index (χ1) is 26.1. The Morgan fingerprint density at radius 3 is 1.79 bits per heavy atom. The minimum atomic E-state index is 0. The molecule has 6 aliphatic rings. The Kier molecular flexibility index (Phi) is 12.3. The van der Waals surface area contributed by atoms with Crippen molar-refractivity contribution in [3.63, 3.8) is 0 Å². The van der Waals surface area contributed by atoms with E-state index in [2.05, 4.69) is 96.2 Å². The highest BCUT2D eigenvalue weighted by molar-refractivity contribution is 5.46. The number of hydrogen-bond acceptors (Lipinski definition) is 5. The van der Waals surface area contributed by atoms with Gasteiger partial charge in [-0.15, -0.1) is 6.58 Å². The second kappa shape index (κ2) is 16.1. The number of quaternary nitrogens is 1. The van der Waals surface area contributed by atoms with E-state index in [0.717, 1.165) is 56.3 Å². The van der Waals surface area contributed by atoms with Gasteiger partial charge in [0.15, 0.2) is 0 Å². The van der Waals surface area contributed by atoms with Crippen molar-refractivity contribution in [2.75, 3.05) is 39.8 Å². The quantitative estimate of drug-likeness (QED) is 0.157. The molecule has 6 bridgehead atoms. The predicted octanol–water partition coefficient (Wildman–Crippen LogP) is 5.56. The molecule has 0 radical (unpaired) electrons. The van der Waals surface area contributed by atoms with Crippen LogP contribution >= 0.6 is 0 Å². The molecule has 3 aliphatic carbocycles. The normalized spacial score (nSPS) is 36.0. The van der Waals surface area contributed by atoms with Crippen LogP contribution in [0.3, 0.4) is 0 Å². The van der Waals surface area contributed by atoms with E-state index in [-0.39, 0.29) is 40.2 Å². The molecular formula is C49H68IN3O3. The van der Waals surface area contributed by atoms with Gasteiger partial charge in [0, 0.05) is 42.8 Å². The first kappa shape index (κ1) is 42.7. The van der Waals surface area contributed by atoms with Gasteiger partial charge in [-0.1, -0.05) is 72.4 Å². The van der Waals surface area contributed by atoms with Crippen LogP contribution in [-0.2, 0) is 35.5 Å². The van der Waals surface area contributed by atoms with Gasteiger partial charge in [0.05, 0.1) is 26.2 Å². The Labute approximate surface area is 354 Å². The molecule has 3 fully saturated rings. The number of hydrogen-bond donors (Lipinski definition) is 4. The summed E-state index contributed by atoms with van der Waals surface area (Å²) < 4.78 is 1.11. The molecular weight excluding hydrogens is 805 g/mol. The van der Waals surface area contributed by atoms with Gasteiger partial charge >= 0.3 is 0 Å². The average Bonchev–Trinajstić information content (AvgIpc) is 3.14. The number of aromatic hydroxyl groups is 3. The predicted molar refractivity (Wildman–Crippen MR) is 226 cm³/mol. The maximum Gasteiger partial charge on any atom is 0.115 e. The third-order valence-corrected chi connectivity index (χ3v) is 16.5. The number of likely N-dealkylation sites (tertiary alicyclic amines) is 2. The highest BCUT2D eigenvalue weighted by atomic mass is 127. The number of likely N-dealkylation sites (N-methyl/N-ethyl adjacent to an activating group) is 1. The van der Waals surface area contributed by atoms with Crippen LogP contribution in [0.25, 0.3) is 0 Å². The minimum Gasteiger partial charge on any atom is -1.00 e. The first-order valence-corrected chi connectivity index (χ1v) is 21.1. The van der Waals surface area contributed by atoms with Crippen molar-refractivity contribution in [3.05, 3.63) is 113 Å². The van der Waals surface area contributed by atoms with E-state index < -0.39 is 0 Å². The number of nitrogens with one attached hydrogen (secondary N) is 1. The summed E-state index contributed by atoms with van der Waals surface area (Å²) in [5.41, 5.74) is 9.03. The number of halogens is 1. The summed E-state index contributed by atoms with van der Waals surface area (Å²) >= 11 is 0. The third-order valence-electron chi connectivity index (χ3n) is 16.5. The molecule has 0 aromatic heterocycles. The van der Waals surface area contributed by atoms with E-state index >= 15 is 0 Å². The highest BCUT2D eigenvalue weighted by Gasteiger charge is 2.54. The second-order valence-corrected chi connectivity index (χ2v) is 19.2. The highest BCUT2D eigenvalue weighted by Crippen LogP contribution is 2.52. The molecule has 4 N–H and O–H groups in total. The van der Waals surface area contributed by atoms with Crippen molar-refractivity contribution in [1.82, 2.24) is 10.2 Å². The van der Waals surface area contributed by atoms with E-state index in [1.807, 2.05) is 42.5 Å². The van der Waals surface area contributed by atoms with Gasteiger partial charge in [0.1, 0.15) is 17.2 Å². The number of nitrogens with zero attached hydrogens (tertiary/aromatic N) is 2. The molecule has 3 aliphatic heterocycles. The summed E-state index contributed by atoms with van der Waals surface area (Å²) in [4.78, 5) is 2.56. The maximum atomic E-state index is 9.86. The molecule has 7 heteroatoms. The zero-order chi connectivity index (χ0) is 39.5. The van der Waals surface area contributed by atoms with Crippen LogP contribution in [0.1, 0.15) is 94.2 Å². The Morgan fingerprint density at radius 1 is 0.714 bits per heavy atom. The van der Waals surface area contributed by atoms with Gasteiger partial charge in [0.25, 0.3) is 0 Å². The summed E-state index contributed by atoms with van der Waals surface area (Å²) in [6, 6.07) is 19.7. The maximum absolute atomic E-state index is 9.86. The molecule has 3 saturated heterocycles. The van der Waals surface area contributed by atoms with Crippen LogP contribution in [0, 0.1) is 17.8 Å². The summed E-state index contributed by atoms with van der Waals surface area (Å²) in [7, 11) is 2.38. The van der Waals surface area contributed by atoms with Gasteiger partial charge in [-0.05, 0) is 137 Å². The lowest BCUT2D eigenvalue weighted by Gasteiger charge is -2.57. The smallest absolute Gasteiger partial charge is 0.115 e. The lowest BCUT2D eigenvalue weighted by Crippen LogP contribution is -3.00. The summed E-state index contributed by atoms with van der Waals surface area (Å²) in [6.07, 6.45) is 10.9. The van der Waals surface area contributed by atoms with Gasteiger partial charge in [-0.3, -0.25) is 4.90 Å². The third kappa shape index (κ3) is 7.26. The van der Waals surface area contributed by atoms with Crippen molar-refractivity contribution in [1.29, 1.82) is 0 Å². The SMILES string of the molecule is C=CCN1CC[C@]2(C)c3cc(O)ccc3C[C@@H]1[C@@H]2C.C=CC[N+]1(C)CC[C@]2(C)c3cc(O)ccc3C[C@@H]1[C@@H]2C.C[C@H]1[C@H]2Cc3ccc(O)cc3[C@@]1(C)CCN2.[I-]. The molecule has 304 valence electrons. The molecule has 0 saturated carbocycles. The van der Waals surface area contributed by atoms with Crippen molar-refractivity contribution < 1.29 is 43.8 Å². The number of fused-ring (bicyclic) bond motifs is 12. The van der Waals surface area contributed by atoms with Crippen LogP contribution in [0.15, 0.2) is 79.9 Å². The van der Waals surface area contributed by atoms with E-state index in [0.29, 0.717) is 53.1 Å². The van der Waals surface area contributed by atoms with Crippen molar-refractivity contribution in [3.8, 4) is 17.2 Å². The zero-order valence-corrected chi connectivity index (χ0v) is 37.3. The van der Waals surface area contributed by atoms with Gasteiger partial charge in [-0.25, -0.2) is 0 Å². The van der Waals surface area contributed by atoms with Crippen LogP contribution < -0.4 is 29.3 Å². The van der Waals surface area contributed by atoms with Crippen molar-refractivity contribution >= 4 is 0 Å². The lowest BCUT2D eigenvalue weighted by molar-refractivity contribution is -0.939. The standard InChI is InChI=1S/C18H25NO.C17H23NO.C14H19NO.HI/c1-5-9-19(4)10-8-18(3)13(2)17(19)11-14-6-7-15(20)12-16(14)18;1-4-8-18-9-7-17(3)12(2)16(18)10-13-5-6-14(19)11-15(13)17;1-9-13-7-10-3-4-11(16)8-12(10)14(9,2)5-6-15-13;/h5-7,12-13,17H,1,8-11H2,2-4H3;4-6,11-12,16,19H,1,7-10H2,2-3H3;3-4,8-9,13,15-16H,5-7H2,1-2H3;1H/t13-,17+,18-,19?;12-,16+,17-;9-,13+,14-;/m000./s1. The van der Waals surface area contributed by atoms with Crippen LogP contribution in [0.5, 0.6) is 17.2 Å². The molecule has 3 heterocycles. The zero-order valence-electron chi connectivity index (χ0n) is 35.1. The fourth-order valence-corrected chi connectivity index (χ4v) is 12.2. The van der Waals surface area contributed by atoms with Crippen LogP contribution in [0.4, 0.5) is 0 Å². The Hall–Kier alpha value is -2.85. The van der Waals surface area contributed by atoms with E-state index in [4.69, 9.17) is 0 Å². The fourth-order valence-electron chi connectivity index (χ4n) is 12.2. The average molecular weight is 874 g/mol. The first-order valence-electron chi connectivity index (χ1n) is 21.1. The lowest BCUT2D eigenvalue weighted by atomic mass is 9.58. The van der Waals surface area contributed by atoms with E-state index in [1.54, 1.807) is 0 Å². The number of phenols is 3. The van der Waals surface area contributed by atoms with Gasteiger partial charge in [0.2, 0.25) is 0 Å². The minimum absolute atomic E-state index is 0. The van der Waals surface area contributed by atoms with E-state index in [1.165, 1.54) is 52.8 Å². The van der Waals surface area contributed by atoms with Crippen LogP contribution in [-0.4, -0.2) is 82.6 Å².